The minimum Gasteiger partial charge on any atom is -0.480 e. The Morgan fingerprint density at radius 1 is 1.21 bits per heavy atom. The zero-order valence-electron chi connectivity index (χ0n) is 14.5. The second-order valence-corrected chi connectivity index (χ2v) is 7.79. The number of aliphatic carboxylic acids is 1. The molecule has 0 spiro atoms. The van der Waals surface area contributed by atoms with Crippen molar-refractivity contribution in [2.45, 2.75) is 18.2 Å². The van der Waals surface area contributed by atoms with E-state index in [4.69, 9.17) is 21.1 Å². The lowest BCUT2D eigenvalue weighted by Crippen LogP contribution is -2.43. The van der Waals surface area contributed by atoms with Gasteiger partial charge in [-0.15, -0.1) is 0 Å². The maximum atomic E-state index is 12.7. The number of hydrogen-bond donors (Lipinski definition) is 1. The van der Waals surface area contributed by atoms with E-state index in [9.17, 15) is 14.7 Å². The van der Waals surface area contributed by atoms with Gasteiger partial charge in [-0.3, -0.25) is 14.5 Å². The molecule has 2 aromatic rings. The maximum absolute atomic E-state index is 12.7. The van der Waals surface area contributed by atoms with Crippen molar-refractivity contribution in [3.05, 3.63) is 53.1 Å². The first-order valence-corrected chi connectivity index (χ1v) is 9.68. The van der Waals surface area contributed by atoms with Crippen molar-refractivity contribution < 1.29 is 24.2 Å². The number of aliphatic imine (C=N–C) groups is 1. The highest BCUT2D eigenvalue weighted by Gasteiger charge is 2.36. The van der Waals surface area contributed by atoms with Gasteiger partial charge in [0.25, 0.3) is 0 Å². The van der Waals surface area contributed by atoms with Gasteiger partial charge < -0.3 is 14.6 Å². The topological polar surface area (TPSA) is 88.4 Å². The van der Waals surface area contributed by atoms with Crippen LogP contribution in [0.4, 0.5) is 5.69 Å². The molecule has 9 heteroatoms. The van der Waals surface area contributed by atoms with E-state index >= 15 is 0 Å². The van der Waals surface area contributed by atoms with E-state index in [1.165, 1.54) is 4.90 Å². The molecule has 0 aliphatic carbocycles. The molecule has 0 unspecified atom stereocenters. The summed E-state index contributed by atoms with van der Waals surface area (Å²) < 4.78 is 10.7. The van der Waals surface area contributed by atoms with Crippen LogP contribution in [0.5, 0.6) is 11.5 Å². The molecule has 0 saturated carbocycles. The zero-order valence-corrected chi connectivity index (χ0v) is 16.1. The van der Waals surface area contributed by atoms with E-state index < -0.39 is 11.2 Å². The van der Waals surface area contributed by atoms with Crippen LogP contribution in [0.2, 0.25) is 5.02 Å². The van der Waals surface area contributed by atoms with Crippen LogP contribution in [0.15, 0.2) is 47.5 Å². The van der Waals surface area contributed by atoms with Crippen LogP contribution in [0.3, 0.4) is 0 Å². The van der Waals surface area contributed by atoms with Crippen LogP contribution in [-0.4, -0.2) is 39.1 Å². The number of fused-ring (bicyclic) bond motifs is 1. The van der Waals surface area contributed by atoms with Crippen molar-refractivity contribution in [2.75, 3.05) is 6.79 Å². The number of benzene rings is 2. The second kappa shape index (κ2) is 7.73. The highest BCUT2D eigenvalue weighted by molar-refractivity contribution is 8.15. The Morgan fingerprint density at radius 2 is 1.96 bits per heavy atom. The summed E-state index contributed by atoms with van der Waals surface area (Å²) >= 11 is 6.97. The molecule has 0 radical (unpaired) electrons. The van der Waals surface area contributed by atoms with Gasteiger partial charge in [0.1, 0.15) is 5.25 Å². The average molecular weight is 419 g/mol. The van der Waals surface area contributed by atoms with Crippen molar-refractivity contribution in [1.29, 1.82) is 0 Å². The highest BCUT2D eigenvalue weighted by atomic mass is 35.5. The lowest BCUT2D eigenvalue weighted by molar-refractivity contribution is -0.139. The van der Waals surface area contributed by atoms with Gasteiger partial charge >= 0.3 is 5.97 Å². The number of ether oxygens (including phenoxy) is 2. The number of halogens is 1. The summed E-state index contributed by atoms with van der Waals surface area (Å²) in [5.41, 5.74) is 1.41. The molecule has 7 nitrogen and oxygen atoms in total. The molecule has 1 atom stereocenters. The smallest absolute Gasteiger partial charge is 0.317 e. The summed E-state index contributed by atoms with van der Waals surface area (Å²) in [5.74, 6) is -0.0558. The highest BCUT2D eigenvalue weighted by Crippen LogP contribution is 2.35. The standard InChI is InChI=1S/C19H15ClN2O5S/c20-12-2-4-13(5-3-12)21-19-22(17(23)8-16(28-19)18(24)25)9-11-1-6-14-15(7-11)27-10-26-14/h1-7,16H,8-10H2,(H,24,25)/t16-/m1/s1. The van der Waals surface area contributed by atoms with Gasteiger partial charge in [0.2, 0.25) is 12.7 Å². The van der Waals surface area contributed by atoms with Crippen LogP contribution in [0, 0.1) is 0 Å². The molecule has 1 saturated heterocycles. The third kappa shape index (κ3) is 3.93. The second-order valence-electron chi connectivity index (χ2n) is 6.19. The molecule has 1 fully saturated rings. The van der Waals surface area contributed by atoms with Crippen molar-refractivity contribution in [3.8, 4) is 11.5 Å². The third-order valence-electron chi connectivity index (χ3n) is 4.24. The van der Waals surface area contributed by atoms with Crippen LogP contribution >= 0.6 is 23.4 Å². The molecule has 4 rings (SSSR count). The largest absolute Gasteiger partial charge is 0.480 e. The van der Waals surface area contributed by atoms with Crippen LogP contribution in [0.25, 0.3) is 0 Å². The maximum Gasteiger partial charge on any atom is 0.317 e. The number of carboxylic acid groups (broad SMARTS) is 1. The van der Waals surface area contributed by atoms with E-state index in [-0.39, 0.29) is 25.7 Å². The fourth-order valence-electron chi connectivity index (χ4n) is 2.84. The van der Waals surface area contributed by atoms with Gasteiger partial charge in [-0.2, -0.15) is 0 Å². The van der Waals surface area contributed by atoms with Gasteiger partial charge in [0.05, 0.1) is 18.7 Å². The Bertz CT molecular complexity index is 963. The molecule has 144 valence electrons. The predicted octanol–water partition coefficient (Wildman–Crippen LogP) is 3.68. The Kier molecular flexibility index (Phi) is 5.15. The average Bonchev–Trinajstić information content (AvgIpc) is 3.13. The number of carboxylic acids is 1. The number of amides is 1. The summed E-state index contributed by atoms with van der Waals surface area (Å²) in [4.78, 5) is 30.1. The predicted molar refractivity (Wildman–Crippen MR) is 105 cm³/mol. The number of carbonyl (C=O) groups excluding carboxylic acids is 1. The summed E-state index contributed by atoms with van der Waals surface area (Å²) in [6.45, 7) is 0.419. The first-order chi connectivity index (χ1) is 13.5. The minimum absolute atomic E-state index is 0.0931. The van der Waals surface area contributed by atoms with Gasteiger partial charge in [-0.25, -0.2) is 4.99 Å². The van der Waals surface area contributed by atoms with E-state index in [0.29, 0.717) is 27.4 Å². The quantitative estimate of drug-likeness (QED) is 0.814. The van der Waals surface area contributed by atoms with E-state index in [2.05, 4.69) is 4.99 Å². The summed E-state index contributed by atoms with van der Waals surface area (Å²) in [5, 5.41) is 9.40. The molecular weight excluding hydrogens is 404 g/mol. The molecular formula is C19H15ClN2O5S. The molecule has 2 aliphatic rings. The van der Waals surface area contributed by atoms with Gasteiger partial charge in [0.15, 0.2) is 16.7 Å². The molecule has 0 aromatic heterocycles. The number of thioether (sulfide) groups is 1. The Labute approximate surface area is 169 Å². The third-order valence-corrected chi connectivity index (χ3v) is 5.67. The van der Waals surface area contributed by atoms with Crippen LogP contribution in [0.1, 0.15) is 12.0 Å². The van der Waals surface area contributed by atoms with Gasteiger partial charge in [0, 0.05) is 5.02 Å². The van der Waals surface area contributed by atoms with Gasteiger partial charge in [-0.1, -0.05) is 29.4 Å². The van der Waals surface area contributed by atoms with Crippen molar-refractivity contribution in [2.24, 2.45) is 4.99 Å². The van der Waals surface area contributed by atoms with Gasteiger partial charge in [-0.05, 0) is 42.0 Å². The van der Waals surface area contributed by atoms with E-state index in [0.717, 1.165) is 17.3 Å². The molecule has 1 amide bonds. The molecule has 0 bridgehead atoms. The fourth-order valence-corrected chi connectivity index (χ4v) is 4.00. The summed E-state index contributed by atoms with van der Waals surface area (Å²) in [6.07, 6.45) is -0.0931. The number of nitrogens with zero attached hydrogens (tertiary/aromatic N) is 2. The Morgan fingerprint density at radius 3 is 2.71 bits per heavy atom. The number of hydrogen-bond acceptors (Lipinski definition) is 6. The van der Waals surface area contributed by atoms with E-state index in [1.807, 2.05) is 12.1 Å². The number of amidine groups is 1. The first-order valence-electron chi connectivity index (χ1n) is 8.42. The fraction of sp³-hybridized carbons (Fsp3) is 0.211. The molecule has 2 aliphatic heterocycles. The Hall–Kier alpha value is -2.71. The minimum atomic E-state index is -1.04. The molecule has 1 N–H and O–H groups in total. The van der Waals surface area contributed by atoms with Crippen molar-refractivity contribution >= 4 is 46.1 Å². The molecule has 2 heterocycles. The lowest BCUT2D eigenvalue weighted by Gasteiger charge is -2.30. The molecule has 2 aromatic carbocycles. The van der Waals surface area contributed by atoms with Crippen LogP contribution in [-0.2, 0) is 16.1 Å². The zero-order chi connectivity index (χ0) is 19.7. The first kappa shape index (κ1) is 18.6. The number of carbonyl (C=O) groups is 2. The summed E-state index contributed by atoms with van der Waals surface area (Å²) in [6, 6.07) is 12.2. The summed E-state index contributed by atoms with van der Waals surface area (Å²) in [7, 11) is 0. The Balaban J connectivity index is 1.64. The SMILES string of the molecule is O=C(O)[C@H]1CC(=O)N(Cc2ccc3c(c2)OCO3)C(=Nc2ccc(Cl)cc2)S1. The normalized spacial score (nSPS) is 19.9. The molecule has 28 heavy (non-hydrogen) atoms. The van der Waals surface area contributed by atoms with E-state index in [1.54, 1.807) is 30.3 Å². The monoisotopic (exact) mass is 418 g/mol. The van der Waals surface area contributed by atoms with Crippen molar-refractivity contribution in [1.82, 2.24) is 4.90 Å². The lowest BCUT2D eigenvalue weighted by atomic mass is 10.1. The number of rotatable bonds is 4. The van der Waals surface area contributed by atoms with Crippen LogP contribution < -0.4 is 9.47 Å². The van der Waals surface area contributed by atoms with Crippen molar-refractivity contribution in [3.63, 3.8) is 0 Å².